The summed E-state index contributed by atoms with van der Waals surface area (Å²) in [5.41, 5.74) is -0.153. The first-order valence-electron chi connectivity index (χ1n) is 9.09. The molecule has 23 heavy (non-hydrogen) atoms. The van der Waals surface area contributed by atoms with E-state index in [1.54, 1.807) is 0 Å². The van der Waals surface area contributed by atoms with Crippen molar-refractivity contribution >= 4 is 0 Å². The molecule has 0 bridgehead atoms. The molecule has 2 rings (SSSR count). The summed E-state index contributed by atoms with van der Waals surface area (Å²) in [6.07, 6.45) is 2.81. The first kappa shape index (κ1) is 19.2. The molecule has 2 N–H and O–H groups in total. The highest BCUT2D eigenvalue weighted by molar-refractivity contribution is 5.05. The number of aliphatic hydroxyl groups excluding tert-OH is 2. The SMILES string of the molecule is CC1(C)CC(O)CC(C)(C)N1CN1C(C)(C)CC(O)CC1(C)C. The van der Waals surface area contributed by atoms with Gasteiger partial charge in [-0.1, -0.05) is 0 Å². The van der Waals surface area contributed by atoms with Crippen LogP contribution in [0.4, 0.5) is 0 Å². The molecule has 4 nitrogen and oxygen atoms in total. The van der Waals surface area contributed by atoms with Crippen LogP contribution in [0.15, 0.2) is 0 Å². The highest BCUT2D eigenvalue weighted by atomic mass is 16.3. The molecule has 2 saturated heterocycles. The van der Waals surface area contributed by atoms with Crippen molar-refractivity contribution in [3.63, 3.8) is 0 Å². The molecule has 0 aliphatic carbocycles. The third-order valence-corrected chi connectivity index (χ3v) is 6.15. The van der Waals surface area contributed by atoms with Crippen LogP contribution in [-0.4, -0.2) is 61.0 Å². The van der Waals surface area contributed by atoms with Gasteiger partial charge in [-0.3, -0.25) is 9.80 Å². The summed E-state index contributed by atoms with van der Waals surface area (Å²) in [4.78, 5) is 5.13. The van der Waals surface area contributed by atoms with Crippen molar-refractivity contribution in [3.05, 3.63) is 0 Å². The number of hydrogen-bond donors (Lipinski definition) is 2. The second kappa shape index (κ2) is 5.69. The van der Waals surface area contributed by atoms with Crippen molar-refractivity contribution in [2.45, 2.75) is 115 Å². The molecule has 2 aliphatic heterocycles. The van der Waals surface area contributed by atoms with E-state index in [9.17, 15) is 10.2 Å². The molecule has 0 amide bonds. The minimum atomic E-state index is -0.222. The third-order valence-electron chi connectivity index (χ3n) is 6.15. The van der Waals surface area contributed by atoms with Gasteiger partial charge in [0.05, 0.1) is 18.9 Å². The van der Waals surface area contributed by atoms with Crippen molar-refractivity contribution in [1.29, 1.82) is 0 Å². The van der Waals surface area contributed by atoms with Gasteiger partial charge in [0.2, 0.25) is 0 Å². The molecule has 0 radical (unpaired) electrons. The zero-order valence-corrected chi connectivity index (χ0v) is 16.5. The maximum Gasteiger partial charge on any atom is 0.0575 e. The van der Waals surface area contributed by atoms with Gasteiger partial charge in [-0.15, -0.1) is 0 Å². The van der Waals surface area contributed by atoms with Crippen LogP contribution in [0.5, 0.6) is 0 Å². The van der Waals surface area contributed by atoms with E-state index in [0.29, 0.717) is 0 Å². The largest absolute Gasteiger partial charge is 0.393 e. The zero-order valence-electron chi connectivity index (χ0n) is 16.5. The molecule has 2 fully saturated rings. The lowest BCUT2D eigenvalue weighted by Gasteiger charge is -2.61. The Morgan fingerprint density at radius 1 is 0.609 bits per heavy atom. The Balaban J connectivity index is 2.31. The van der Waals surface area contributed by atoms with Gasteiger partial charge in [0.1, 0.15) is 0 Å². The first-order valence-corrected chi connectivity index (χ1v) is 9.09. The molecule has 0 atom stereocenters. The lowest BCUT2D eigenvalue weighted by Crippen LogP contribution is -2.70. The van der Waals surface area contributed by atoms with Crippen molar-refractivity contribution < 1.29 is 10.2 Å². The smallest absolute Gasteiger partial charge is 0.0575 e. The molecule has 0 aromatic rings. The third kappa shape index (κ3) is 3.76. The molecule has 0 aromatic heterocycles. The maximum atomic E-state index is 10.3. The van der Waals surface area contributed by atoms with E-state index in [1.807, 2.05) is 0 Å². The normalized spacial score (nSPS) is 32.1. The van der Waals surface area contributed by atoms with Crippen LogP contribution in [-0.2, 0) is 0 Å². The fraction of sp³-hybridized carbons (Fsp3) is 1.00. The fourth-order valence-electron chi connectivity index (χ4n) is 5.44. The van der Waals surface area contributed by atoms with E-state index in [1.165, 1.54) is 0 Å². The van der Waals surface area contributed by atoms with Gasteiger partial charge >= 0.3 is 0 Å². The lowest BCUT2D eigenvalue weighted by molar-refractivity contribution is -0.161. The second-order valence-electron chi connectivity index (χ2n) is 10.4. The standard InChI is InChI=1S/C19H38N2O2/c1-16(2)9-14(22)10-17(3,4)20(16)13-21-18(5,6)11-15(23)12-19(21,7)8/h14-15,22-23H,9-13H2,1-8H3. The van der Waals surface area contributed by atoms with Crippen LogP contribution in [0.1, 0.15) is 81.1 Å². The van der Waals surface area contributed by atoms with Crippen LogP contribution in [0.3, 0.4) is 0 Å². The van der Waals surface area contributed by atoms with Crippen LogP contribution in [0.2, 0.25) is 0 Å². The van der Waals surface area contributed by atoms with Crippen LogP contribution < -0.4 is 0 Å². The van der Waals surface area contributed by atoms with Crippen LogP contribution in [0.25, 0.3) is 0 Å². The van der Waals surface area contributed by atoms with E-state index >= 15 is 0 Å². The Bertz CT molecular complexity index is 367. The van der Waals surface area contributed by atoms with Gasteiger partial charge in [0, 0.05) is 22.2 Å². The summed E-state index contributed by atoms with van der Waals surface area (Å²) in [5.74, 6) is 0. The molecule has 136 valence electrons. The van der Waals surface area contributed by atoms with Crippen LogP contribution in [0, 0.1) is 0 Å². The van der Waals surface area contributed by atoms with Gasteiger partial charge in [0.25, 0.3) is 0 Å². The number of rotatable bonds is 2. The fourth-order valence-corrected chi connectivity index (χ4v) is 5.44. The van der Waals surface area contributed by atoms with Gasteiger partial charge in [-0.05, 0) is 81.1 Å². The molecule has 2 heterocycles. The first-order chi connectivity index (χ1) is 10.2. The van der Waals surface area contributed by atoms with Gasteiger partial charge in [0.15, 0.2) is 0 Å². The summed E-state index contributed by atoms with van der Waals surface area (Å²) in [6, 6.07) is 0. The van der Waals surface area contributed by atoms with Crippen molar-refractivity contribution in [1.82, 2.24) is 9.80 Å². The summed E-state index contributed by atoms with van der Waals surface area (Å²) >= 11 is 0. The summed E-state index contributed by atoms with van der Waals surface area (Å²) in [7, 11) is 0. The number of aliphatic hydroxyl groups is 2. The molecule has 2 aliphatic rings. The average molecular weight is 327 g/mol. The Hall–Kier alpha value is -0.160. The monoisotopic (exact) mass is 326 g/mol. The summed E-state index contributed by atoms with van der Waals surface area (Å²) in [6.45, 7) is 18.8. The minimum absolute atomic E-state index is 0.0383. The highest BCUT2D eigenvalue weighted by Gasteiger charge is 2.50. The molecule has 0 spiro atoms. The summed E-state index contributed by atoms with van der Waals surface area (Å²) < 4.78 is 0. The van der Waals surface area contributed by atoms with E-state index in [4.69, 9.17) is 0 Å². The van der Waals surface area contributed by atoms with E-state index in [-0.39, 0.29) is 34.4 Å². The Kier molecular flexibility index (Phi) is 4.74. The predicted octanol–water partition coefficient (Wildman–Crippen LogP) is 2.97. The molecule has 0 saturated carbocycles. The molecule has 4 heteroatoms. The topological polar surface area (TPSA) is 46.9 Å². The number of likely N-dealkylation sites (tertiary alicyclic amines) is 2. The Morgan fingerprint density at radius 3 is 1.04 bits per heavy atom. The van der Waals surface area contributed by atoms with Crippen molar-refractivity contribution in [2.24, 2.45) is 0 Å². The highest BCUT2D eigenvalue weighted by Crippen LogP contribution is 2.43. The van der Waals surface area contributed by atoms with Crippen LogP contribution >= 0.6 is 0 Å². The Morgan fingerprint density at radius 2 is 0.826 bits per heavy atom. The quantitative estimate of drug-likeness (QED) is 0.819. The number of nitrogens with zero attached hydrogens (tertiary/aromatic N) is 2. The number of hydrogen-bond acceptors (Lipinski definition) is 4. The van der Waals surface area contributed by atoms with Gasteiger partial charge < -0.3 is 10.2 Å². The molecular formula is C19H38N2O2. The van der Waals surface area contributed by atoms with E-state index in [0.717, 1.165) is 32.4 Å². The minimum Gasteiger partial charge on any atom is -0.393 e. The summed E-state index contributed by atoms with van der Waals surface area (Å²) in [5, 5.41) is 20.5. The second-order valence-corrected chi connectivity index (χ2v) is 10.4. The van der Waals surface area contributed by atoms with Crippen molar-refractivity contribution in [2.75, 3.05) is 6.67 Å². The predicted molar refractivity (Wildman–Crippen MR) is 95.3 cm³/mol. The van der Waals surface area contributed by atoms with E-state index < -0.39 is 0 Å². The zero-order chi connectivity index (χ0) is 17.8. The maximum absolute atomic E-state index is 10.3. The lowest BCUT2D eigenvalue weighted by atomic mass is 9.76. The van der Waals surface area contributed by atoms with Crippen molar-refractivity contribution in [3.8, 4) is 0 Å². The van der Waals surface area contributed by atoms with Gasteiger partial charge in [-0.25, -0.2) is 0 Å². The molecular weight excluding hydrogens is 288 g/mol. The van der Waals surface area contributed by atoms with E-state index in [2.05, 4.69) is 65.2 Å². The molecule has 0 unspecified atom stereocenters. The Labute approximate surface area is 142 Å². The number of piperidine rings is 2. The average Bonchev–Trinajstić information content (AvgIpc) is 2.19. The molecule has 0 aromatic carbocycles. The van der Waals surface area contributed by atoms with Gasteiger partial charge in [-0.2, -0.15) is 0 Å².